The van der Waals surface area contributed by atoms with Crippen LogP contribution < -0.4 is 0 Å². The van der Waals surface area contributed by atoms with Gasteiger partial charge in [0, 0.05) is 0 Å². The quantitative estimate of drug-likeness (QED) is 0.452. The molecule has 0 saturated heterocycles. The third-order valence-corrected chi connectivity index (χ3v) is 1.98. The van der Waals surface area contributed by atoms with E-state index in [1.54, 1.807) is 12.2 Å². The molecule has 0 aromatic heterocycles. The van der Waals surface area contributed by atoms with E-state index in [2.05, 4.69) is 0 Å². The Morgan fingerprint density at radius 1 is 1.13 bits per heavy atom. The van der Waals surface area contributed by atoms with Gasteiger partial charge >= 0.3 is 0 Å². The molecule has 0 aliphatic carbocycles. The van der Waals surface area contributed by atoms with Gasteiger partial charge in [-0.05, 0) is 18.1 Å². The predicted molar refractivity (Wildman–Crippen MR) is 60.4 cm³/mol. The van der Waals surface area contributed by atoms with Crippen LogP contribution in [-0.2, 0) is 4.79 Å². The van der Waals surface area contributed by atoms with Crippen molar-refractivity contribution in [1.82, 2.24) is 0 Å². The number of hydrogen-bond donors (Lipinski definition) is 1. The minimum atomic E-state index is -0.480. The van der Waals surface area contributed by atoms with E-state index in [-0.39, 0.29) is 0 Å². The van der Waals surface area contributed by atoms with Crippen LogP contribution in [0.4, 0.5) is 0 Å². The lowest BCUT2D eigenvalue weighted by atomic mass is 10.1. The fourth-order valence-corrected chi connectivity index (χ4v) is 1.21. The molecule has 0 saturated carbocycles. The number of benzene rings is 1. The standard InChI is InChI=1S/C13H14O2/c14-11-7-2-1-6-10-13(15)12-8-4-3-5-9-12/h1-9,11,13,15H,10H2/b6-1+,7-2+. The van der Waals surface area contributed by atoms with E-state index >= 15 is 0 Å². The van der Waals surface area contributed by atoms with Crippen LogP contribution in [0.5, 0.6) is 0 Å². The number of carbonyl (C=O) groups excluding carboxylic acids is 1. The van der Waals surface area contributed by atoms with E-state index in [9.17, 15) is 9.90 Å². The van der Waals surface area contributed by atoms with Crippen LogP contribution in [0.15, 0.2) is 54.6 Å². The molecular formula is C13H14O2. The molecule has 1 N–H and O–H groups in total. The molecule has 0 bridgehead atoms. The molecule has 1 aromatic rings. The molecule has 2 nitrogen and oxygen atoms in total. The molecule has 0 amide bonds. The lowest BCUT2D eigenvalue weighted by molar-refractivity contribution is -0.104. The highest BCUT2D eigenvalue weighted by molar-refractivity contribution is 5.65. The second kappa shape index (κ2) is 6.74. The normalized spacial score (nSPS) is 13.4. The molecule has 78 valence electrons. The summed E-state index contributed by atoms with van der Waals surface area (Å²) < 4.78 is 0. The summed E-state index contributed by atoms with van der Waals surface area (Å²) in [7, 11) is 0. The molecule has 1 rings (SSSR count). The van der Waals surface area contributed by atoms with Crippen LogP contribution >= 0.6 is 0 Å². The number of aldehydes is 1. The first kappa shape index (κ1) is 11.4. The van der Waals surface area contributed by atoms with Gasteiger partial charge in [-0.3, -0.25) is 4.79 Å². The zero-order chi connectivity index (χ0) is 10.9. The topological polar surface area (TPSA) is 37.3 Å². The highest BCUT2D eigenvalue weighted by atomic mass is 16.3. The highest BCUT2D eigenvalue weighted by Crippen LogP contribution is 2.15. The Hall–Kier alpha value is -1.67. The number of allylic oxidation sites excluding steroid dienone is 3. The van der Waals surface area contributed by atoms with Gasteiger partial charge in [0.15, 0.2) is 0 Å². The first-order valence-corrected chi connectivity index (χ1v) is 4.84. The maximum atomic E-state index is 9.95. The third-order valence-electron chi connectivity index (χ3n) is 1.98. The van der Waals surface area contributed by atoms with Crippen LogP contribution in [0.2, 0.25) is 0 Å². The minimum absolute atomic E-state index is 0.480. The summed E-state index contributed by atoms with van der Waals surface area (Å²) in [5, 5.41) is 9.73. The Morgan fingerprint density at radius 2 is 1.87 bits per heavy atom. The van der Waals surface area contributed by atoms with Crippen molar-refractivity contribution in [2.75, 3.05) is 0 Å². The second-order valence-corrected chi connectivity index (χ2v) is 3.11. The Kier molecular flexibility index (Phi) is 5.12. The summed E-state index contributed by atoms with van der Waals surface area (Å²) in [4.78, 5) is 9.95. The summed E-state index contributed by atoms with van der Waals surface area (Å²) in [5.74, 6) is 0. The van der Waals surface area contributed by atoms with Crippen molar-refractivity contribution in [3.63, 3.8) is 0 Å². The summed E-state index contributed by atoms with van der Waals surface area (Å²) in [5.41, 5.74) is 0.904. The van der Waals surface area contributed by atoms with Crippen molar-refractivity contribution in [1.29, 1.82) is 0 Å². The van der Waals surface area contributed by atoms with Gasteiger partial charge in [0.1, 0.15) is 6.29 Å². The van der Waals surface area contributed by atoms with Gasteiger partial charge in [-0.25, -0.2) is 0 Å². The van der Waals surface area contributed by atoms with E-state index < -0.39 is 6.10 Å². The maximum Gasteiger partial charge on any atom is 0.142 e. The van der Waals surface area contributed by atoms with E-state index in [4.69, 9.17) is 0 Å². The number of hydrogen-bond acceptors (Lipinski definition) is 2. The van der Waals surface area contributed by atoms with Gasteiger partial charge in [0.25, 0.3) is 0 Å². The lowest BCUT2D eigenvalue weighted by Gasteiger charge is -2.06. The fraction of sp³-hybridized carbons (Fsp3) is 0.154. The fourth-order valence-electron chi connectivity index (χ4n) is 1.21. The number of aliphatic hydroxyl groups is 1. The van der Waals surface area contributed by atoms with Gasteiger partial charge in [-0.15, -0.1) is 0 Å². The van der Waals surface area contributed by atoms with Crippen molar-refractivity contribution in [3.05, 3.63) is 60.2 Å². The SMILES string of the molecule is O=C/C=C/C=C/CC(O)c1ccccc1. The lowest BCUT2D eigenvalue weighted by Crippen LogP contribution is -1.94. The maximum absolute atomic E-state index is 9.95. The first-order chi connectivity index (χ1) is 7.34. The molecule has 15 heavy (non-hydrogen) atoms. The second-order valence-electron chi connectivity index (χ2n) is 3.11. The van der Waals surface area contributed by atoms with Gasteiger partial charge < -0.3 is 5.11 Å². The highest BCUT2D eigenvalue weighted by Gasteiger charge is 2.02. The van der Waals surface area contributed by atoms with Crippen molar-refractivity contribution in [3.8, 4) is 0 Å². The molecule has 0 spiro atoms. The molecular weight excluding hydrogens is 188 g/mol. The predicted octanol–water partition coefficient (Wildman–Crippen LogP) is 2.42. The Labute approximate surface area is 89.6 Å². The Balaban J connectivity index is 2.43. The third kappa shape index (κ3) is 4.38. The molecule has 0 heterocycles. The summed E-state index contributed by atoms with van der Waals surface area (Å²) in [6, 6.07) is 9.49. The van der Waals surface area contributed by atoms with Crippen molar-refractivity contribution < 1.29 is 9.90 Å². The molecule has 0 fully saturated rings. The van der Waals surface area contributed by atoms with Crippen LogP contribution in [0, 0.1) is 0 Å². The summed E-state index contributed by atoms with van der Waals surface area (Å²) in [6.07, 6.45) is 7.42. The number of rotatable bonds is 5. The zero-order valence-corrected chi connectivity index (χ0v) is 8.41. The van der Waals surface area contributed by atoms with E-state index in [1.165, 1.54) is 6.08 Å². The largest absolute Gasteiger partial charge is 0.388 e. The minimum Gasteiger partial charge on any atom is -0.388 e. The van der Waals surface area contributed by atoms with Gasteiger partial charge in [-0.2, -0.15) is 0 Å². The van der Waals surface area contributed by atoms with E-state index in [1.807, 2.05) is 36.4 Å². The first-order valence-electron chi connectivity index (χ1n) is 4.84. The molecule has 0 aliphatic rings. The zero-order valence-electron chi connectivity index (χ0n) is 8.41. The molecule has 2 heteroatoms. The van der Waals surface area contributed by atoms with E-state index in [0.29, 0.717) is 6.42 Å². The Bertz CT molecular complexity index is 339. The number of carbonyl (C=O) groups is 1. The van der Waals surface area contributed by atoms with Crippen molar-refractivity contribution in [2.24, 2.45) is 0 Å². The van der Waals surface area contributed by atoms with Gasteiger partial charge in [-0.1, -0.05) is 48.6 Å². The summed E-state index contributed by atoms with van der Waals surface area (Å²) in [6.45, 7) is 0. The average Bonchev–Trinajstić information content (AvgIpc) is 2.30. The average molecular weight is 202 g/mol. The van der Waals surface area contributed by atoms with Crippen molar-refractivity contribution in [2.45, 2.75) is 12.5 Å². The van der Waals surface area contributed by atoms with E-state index in [0.717, 1.165) is 11.8 Å². The molecule has 0 radical (unpaired) electrons. The smallest absolute Gasteiger partial charge is 0.142 e. The summed E-state index contributed by atoms with van der Waals surface area (Å²) >= 11 is 0. The molecule has 1 unspecified atom stereocenters. The van der Waals surface area contributed by atoms with Crippen LogP contribution in [0.25, 0.3) is 0 Å². The molecule has 1 aromatic carbocycles. The Morgan fingerprint density at radius 3 is 2.53 bits per heavy atom. The number of aliphatic hydroxyl groups excluding tert-OH is 1. The monoisotopic (exact) mass is 202 g/mol. The van der Waals surface area contributed by atoms with Crippen molar-refractivity contribution >= 4 is 6.29 Å². The van der Waals surface area contributed by atoms with Gasteiger partial charge in [0.2, 0.25) is 0 Å². The van der Waals surface area contributed by atoms with Crippen LogP contribution in [0.3, 0.4) is 0 Å². The molecule has 1 atom stereocenters. The van der Waals surface area contributed by atoms with Crippen LogP contribution in [0.1, 0.15) is 18.1 Å². The molecule has 0 aliphatic heterocycles. The van der Waals surface area contributed by atoms with Crippen LogP contribution in [-0.4, -0.2) is 11.4 Å². The van der Waals surface area contributed by atoms with Gasteiger partial charge in [0.05, 0.1) is 6.10 Å².